The molecule has 0 N–H and O–H groups in total. The minimum Gasteiger partial charge on any atom is -0.317 e. The lowest BCUT2D eigenvalue weighted by molar-refractivity contribution is 1.04. The Labute approximate surface area is 557 Å². The summed E-state index contributed by atoms with van der Waals surface area (Å²) in [6.07, 6.45) is 0. The highest BCUT2D eigenvalue weighted by atomic mass is 32.1. The van der Waals surface area contributed by atoms with Crippen molar-refractivity contribution in [3.8, 4) is 73.5 Å². The lowest BCUT2D eigenvalue weighted by Crippen LogP contribution is -2.12. The Hall–Kier alpha value is -11.8. The summed E-state index contributed by atoms with van der Waals surface area (Å²) in [6, 6.07) is 38.4. The highest BCUT2D eigenvalue weighted by Gasteiger charge is 2.33. The highest BCUT2D eigenvalue weighted by Crippen LogP contribution is 2.53. The summed E-state index contributed by atoms with van der Waals surface area (Å²) in [4.78, 5) is 19.6. The fourth-order valence-corrected chi connectivity index (χ4v) is 15.8. The van der Waals surface area contributed by atoms with E-state index in [-0.39, 0.29) is 45.0 Å². The van der Waals surface area contributed by atoms with Crippen LogP contribution in [-0.4, -0.2) is 28.7 Å². The average Bonchev–Trinajstić information content (AvgIpc) is 1.55. The molecule has 0 amide bonds. The maximum absolute atomic E-state index is 9.87. The molecule has 0 atom stereocenters. The molecule has 19 rings (SSSR count). The van der Waals surface area contributed by atoms with Crippen LogP contribution >= 0.6 is 22.7 Å². The van der Waals surface area contributed by atoms with E-state index in [4.69, 9.17) is 31.4 Å². The Morgan fingerprint density at radius 1 is 0.319 bits per heavy atom. The van der Waals surface area contributed by atoms with Crippen molar-refractivity contribution in [2.24, 2.45) is 0 Å². The first-order chi connectivity index (χ1) is 53.4. The zero-order valence-corrected chi connectivity index (χ0v) is 48.7. The summed E-state index contributed by atoms with van der Waals surface area (Å²) in [6.45, 7) is 9.87. The minimum atomic E-state index is -0.772. The molecule has 0 radical (unpaired) electrons. The van der Waals surface area contributed by atoms with Crippen LogP contribution < -0.4 is 0 Å². The van der Waals surface area contributed by atoms with Gasteiger partial charge in [-0.15, -0.1) is 22.7 Å². The summed E-state index contributed by atoms with van der Waals surface area (Å²) in [5, 5.41) is 7.41. The maximum Gasteiger partial charge on any atom is 0.213 e. The normalized spacial score (nSPS) is 15.0. The second-order valence-electron chi connectivity index (χ2n) is 21.8. The summed E-state index contributed by atoms with van der Waals surface area (Å²) in [5.41, 5.74) is 2.91. The molecule has 6 heterocycles. The van der Waals surface area contributed by atoms with Gasteiger partial charge in [0.15, 0.2) is 17.5 Å². The van der Waals surface area contributed by atoms with E-state index in [0.29, 0.717) is 60.2 Å². The van der Waals surface area contributed by atoms with Gasteiger partial charge in [-0.2, -0.15) is 0 Å². The second-order valence-corrected chi connectivity index (χ2v) is 23.9. The predicted molar refractivity (Wildman–Crippen MR) is 382 cm³/mol. The number of fused-ring (bicyclic) bond motifs is 17. The zero-order chi connectivity index (χ0) is 77.2. The number of rotatable bonds is 8. The van der Waals surface area contributed by atoms with Crippen molar-refractivity contribution in [2.45, 2.75) is 0 Å². The molecular weight excluding hydrogens is 1150 g/mol. The van der Waals surface area contributed by atoms with Crippen LogP contribution in [-0.2, 0) is 0 Å². The van der Waals surface area contributed by atoms with Crippen LogP contribution in [0.3, 0.4) is 0 Å². The first-order valence-corrected chi connectivity index (χ1v) is 30.4. The van der Waals surface area contributed by atoms with Gasteiger partial charge in [0.25, 0.3) is 0 Å². The van der Waals surface area contributed by atoms with Crippen LogP contribution in [0.25, 0.3) is 184 Å². The number of hydrogen-bond acceptors (Lipinski definition) is 5. The second kappa shape index (κ2) is 20.1. The summed E-state index contributed by atoms with van der Waals surface area (Å²) in [7, 11) is 0. The van der Waals surface area contributed by atoms with Gasteiger partial charge in [0.1, 0.15) is 0 Å². The lowest BCUT2D eigenvalue weighted by atomic mass is 10.0. The first-order valence-electron chi connectivity index (χ1n) is 38.8. The van der Waals surface area contributed by atoms with E-state index in [0.717, 1.165) is 51.1 Å². The largest absolute Gasteiger partial charge is 0.317 e. The highest BCUT2D eigenvalue weighted by molar-refractivity contribution is 7.27. The van der Waals surface area contributed by atoms with Crippen LogP contribution in [0.1, 0.15) is 27.4 Å². The third kappa shape index (κ3) is 7.74. The van der Waals surface area contributed by atoms with Gasteiger partial charge in [0.05, 0.1) is 84.1 Å². The third-order valence-electron chi connectivity index (χ3n) is 17.0. The Bertz CT molecular complexity index is 7320. The fraction of sp³-hybridized carbons (Fsp3) is 0. The molecule has 422 valence electrons. The molecule has 13 aromatic carbocycles. The minimum absolute atomic E-state index is 0.0349. The van der Waals surface area contributed by atoms with Crippen LogP contribution in [0.2, 0.25) is 0 Å². The standard InChI is InChI=1S/C82H47N7S2/c1-83-64-48-63(82-85-80(51-26-10-4-11-27-51)84-81(86-82)52-28-12-5-13-29-52)75(88-67-42-38-53(49-22-6-2-7-23-49)46-61(67)73-69(88)44-40-59-57-32-16-20-36-71(57)90-78(59)73)77(87-65-34-18-14-30-55(65)56-31-15-19-35-66(56)87)76(64)89-68-43-39-54(50-24-8-3-9-25-50)47-62(68)74-70(89)45-41-60-58-33-17-21-37-72(58)91-79(60)74/h2-48H/i2D,3D,4D,5D,6D,7D,8D,9D,10D,11D,12D,13D,22D,23D,24D,25D,26D,27D,28D,29D. The molecule has 0 unspecified atom stereocenters. The van der Waals surface area contributed by atoms with Crippen molar-refractivity contribution in [3.05, 3.63) is 296 Å². The number of aromatic nitrogens is 6. The zero-order valence-electron chi connectivity index (χ0n) is 67.0. The average molecular weight is 1210 g/mol. The SMILES string of the molecule is [2H]c1c([2H])c([2H])c(-c2ccc3c(c2)c2c4sc5ccccc5c4ccc2n3-c2c([N+]#[C-])cc(-c3nc(-c4c([2H])c([2H])c([2H])c([2H])c4[2H])nc(-c4c([2H])c([2H])c([2H])c([2H])c4[2H])n3)c(-n3c4ccc(-c5c([2H])c([2H])c([2H])c([2H])c5[2H])cc4c4c5sc6ccccc6c5ccc43)c2-n2c3ccccc3c3ccccc32)c([2H])c1[2H]. The van der Waals surface area contributed by atoms with Gasteiger partial charge in [0, 0.05) is 89.4 Å². The quantitative estimate of drug-likeness (QED) is 0.142. The van der Waals surface area contributed by atoms with Gasteiger partial charge in [-0.05, 0) is 89.0 Å². The van der Waals surface area contributed by atoms with E-state index < -0.39 is 149 Å². The Morgan fingerprint density at radius 3 is 1.18 bits per heavy atom. The molecule has 0 aliphatic carbocycles. The molecule has 0 saturated heterocycles. The fourth-order valence-electron chi connectivity index (χ4n) is 13.3. The van der Waals surface area contributed by atoms with E-state index in [9.17, 15) is 17.5 Å². The van der Waals surface area contributed by atoms with Crippen LogP contribution in [0.5, 0.6) is 0 Å². The third-order valence-corrected chi connectivity index (χ3v) is 19.5. The molecule has 0 saturated carbocycles. The van der Waals surface area contributed by atoms with Gasteiger partial charge in [0.2, 0.25) is 5.69 Å². The molecule has 91 heavy (non-hydrogen) atoms. The van der Waals surface area contributed by atoms with Gasteiger partial charge in [-0.1, -0.05) is 218 Å². The Morgan fingerprint density at radius 2 is 0.703 bits per heavy atom. The molecule has 0 bridgehead atoms. The van der Waals surface area contributed by atoms with Crippen molar-refractivity contribution in [3.63, 3.8) is 0 Å². The molecule has 0 aliphatic heterocycles. The lowest BCUT2D eigenvalue weighted by Gasteiger charge is -2.26. The van der Waals surface area contributed by atoms with Gasteiger partial charge in [-0.3, -0.25) is 0 Å². The monoisotopic (exact) mass is 1210 g/mol. The summed E-state index contributed by atoms with van der Waals surface area (Å²) in [5.74, 6) is -1.56. The molecule has 0 aliphatic rings. The number of thiophene rings is 2. The molecule has 9 heteroatoms. The molecular formula is C82H47N7S2. The van der Waals surface area contributed by atoms with Gasteiger partial charge in [-0.25, -0.2) is 19.8 Å². The molecule has 0 fully saturated rings. The predicted octanol–water partition coefficient (Wildman–Crippen LogP) is 22.8. The maximum atomic E-state index is 9.87. The number of nitrogens with zero attached hydrogens (tertiary/aromatic N) is 7. The van der Waals surface area contributed by atoms with Crippen molar-refractivity contribution >= 4 is 134 Å². The number of para-hydroxylation sites is 2. The Balaban J connectivity index is 1.09. The molecule has 0 spiro atoms. The molecule has 7 nitrogen and oxygen atoms in total. The van der Waals surface area contributed by atoms with Crippen molar-refractivity contribution in [1.82, 2.24) is 28.7 Å². The summed E-state index contributed by atoms with van der Waals surface area (Å²) < 4.78 is 191. The molecule has 6 aromatic heterocycles. The first kappa shape index (κ1) is 35.3. The number of hydrogen-bond donors (Lipinski definition) is 0. The Kier molecular flexibility index (Phi) is 7.80. The van der Waals surface area contributed by atoms with Gasteiger partial charge >= 0.3 is 0 Å². The van der Waals surface area contributed by atoms with Crippen molar-refractivity contribution < 1.29 is 27.4 Å². The van der Waals surface area contributed by atoms with E-state index in [1.807, 2.05) is 135 Å². The summed E-state index contributed by atoms with van der Waals surface area (Å²) >= 11 is 3.02. The van der Waals surface area contributed by atoms with E-state index in [1.54, 1.807) is 42.5 Å². The van der Waals surface area contributed by atoms with Crippen molar-refractivity contribution in [1.29, 1.82) is 0 Å². The van der Waals surface area contributed by atoms with Crippen LogP contribution in [0.15, 0.2) is 285 Å². The number of benzene rings is 13. The van der Waals surface area contributed by atoms with E-state index in [1.165, 1.54) is 22.7 Å². The van der Waals surface area contributed by atoms with E-state index in [2.05, 4.69) is 4.85 Å². The molecule has 19 aromatic rings. The van der Waals surface area contributed by atoms with Gasteiger partial charge < -0.3 is 13.7 Å². The van der Waals surface area contributed by atoms with Crippen LogP contribution in [0, 0.1) is 6.57 Å². The topological polar surface area (TPSA) is 57.8 Å². The van der Waals surface area contributed by atoms with Crippen LogP contribution in [0.4, 0.5) is 5.69 Å². The smallest absolute Gasteiger partial charge is 0.213 e. The van der Waals surface area contributed by atoms with Crippen molar-refractivity contribution in [2.75, 3.05) is 0 Å². The van der Waals surface area contributed by atoms with E-state index >= 15 is 0 Å².